The molecule has 0 atom stereocenters. The Labute approximate surface area is 57.2 Å². The van der Waals surface area contributed by atoms with Crippen LogP contribution in [0.3, 0.4) is 0 Å². The van der Waals surface area contributed by atoms with Gasteiger partial charge in [0.2, 0.25) is 6.29 Å². The standard InChI is InChI=1S/C5H7NO4/c1-6(2-5(9)10)4(8)3-7/h3H,2H2,1H3,(H,9,10). The lowest BCUT2D eigenvalue weighted by Crippen LogP contribution is -2.32. The fourth-order valence-corrected chi connectivity index (χ4v) is 0.371. The van der Waals surface area contributed by atoms with Crippen LogP contribution in [0.15, 0.2) is 0 Å². The molecular formula is C5H7NO4. The molecular weight excluding hydrogens is 138 g/mol. The molecule has 0 aliphatic heterocycles. The number of carboxylic acids is 1. The number of carbonyl (C=O) groups is 3. The summed E-state index contributed by atoms with van der Waals surface area (Å²) in [5.41, 5.74) is 0. The number of hydrogen-bond donors (Lipinski definition) is 1. The number of amides is 1. The number of hydrogen-bond acceptors (Lipinski definition) is 3. The van der Waals surface area contributed by atoms with Crippen molar-refractivity contribution in [2.24, 2.45) is 0 Å². The molecule has 0 aromatic rings. The molecule has 5 heteroatoms. The molecule has 0 aromatic heterocycles. The summed E-state index contributed by atoms with van der Waals surface area (Å²) in [4.78, 5) is 30.8. The van der Waals surface area contributed by atoms with Gasteiger partial charge in [0.1, 0.15) is 6.54 Å². The van der Waals surface area contributed by atoms with E-state index in [0.29, 0.717) is 0 Å². The van der Waals surface area contributed by atoms with Gasteiger partial charge in [-0.2, -0.15) is 0 Å². The highest BCUT2D eigenvalue weighted by Gasteiger charge is 2.09. The van der Waals surface area contributed by atoms with E-state index in [4.69, 9.17) is 5.11 Å². The Bertz CT molecular complexity index is 165. The molecule has 0 spiro atoms. The summed E-state index contributed by atoms with van der Waals surface area (Å²) in [6.07, 6.45) is 0.0724. The zero-order valence-corrected chi connectivity index (χ0v) is 5.40. The van der Waals surface area contributed by atoms with E-state index in [-0.39, 0.29) is 6.29 Å². The van der Waals surface area contributed by atoms with Gasteiger partial charge in [-0.25, -0.2) is 0 Å². The Balaban J connectivity index is 3.84. The van der Waals surface area contributed by atoms with Crippen molar-refractivity contribution in [3.8, 4) is 0 Å². The normalized spacial score (nSPS) is 8.50. The maximum atomic E-state index is 10.3. The first-order valence-corrected chi connectivity index (χ1v) is 2.50. The van der Waals surface area contributed by atoms with E-state index >= 15 is 0 Å². The van der Waals surface area contributed by atoms with Gasteiger partial charge in [0.05, 0.1) is 0 Å². The predicted octanol–water partition coefficient (Wildman–Crippen LogP) is -1.27. The second kappa shape index (κ2) is 3.60. The van der Waals surface area contributed by atoms with E-state index < -0.39 is 18.4 Å². The monoisotopic (exact) mass is 145 g/mol. The number of carbonyl (C=O) groups excluding carboxylic acids is 2. The quantitative estimate of drug-likeness (QED) is 0.397. The summed E-state index contributed by atoms with van der Waals surface area (Å²) in [5.74, 6) is -1.97. The third-order valence-electron chi connectivity index (χ3n) is 0.849. The van der Waals surface area contributed by atoms with Crippen LogP contribution in [0.25, 0.3) is 0 Å². The topological polar surface area (TPSA) is 74.7 Å². The van der Waals surface area contributed by atoms with Gasteiger partial charge in [-0.3, -0.25) is 14.4 Å². The van der Waals surface area contributed by atoms with Crippen molar-refractivity contribution in [1.29, 1.82) is 0 Å². The SMILES string of the molecule is CN(CC(=O)O)C(=O)C=O. The van der Waals surface area contributed by atoms with Crippen molar-refractivity contribution >= 4 is 18.2 Å². The van der Waals surface area contributed by atoms with Gasteiger partial charge in [0, 0.05) is 7.05 Å². The number of aliphatic carboxylic acids is 1. The summed E-state index contributed by atoms with van der Waals surface area (Å²) in [6, 6.07) is 0. The van der Waals surface area contributed by atoms with Crippen molar-refractivity contribution in [3.63, 3.8) is 0 Å². The van der Waals surface area contributed by atoms with Crippen molar-refractivity contribution < 1.29 is 19.5 Å². The van der Waals surface area contributed by atoms with Gasteiger partial charge in [-0.1, -0.05) is 0 Å². The molecule has 0 bridgehead atoms. The van der Waals surface area contributed by atoms with Crippen LogP contribution in [0, 0.1) is 0 Å². The molecule has 0 aromatic carbocycles. The minimum absolute atomic E-state index is 0.0724. The average Bonchev–Trinajstić information content (AvgIpc) is 1.85. The molecule has 1 N–H and O–H groups in total. The second-order valence-electron chi connectivity index (χ2n) is 1.71. The lowest BCUT2D eigenvalue weighted by molar-refractivity contribution is -0.145. The molecule has 0 aliphatic rings. The van der Waals surface area contributed by atoms with Crippen LogP contribution in [-0.4, -0.2) is 41.8 Å². The fraction of sp³-hybridized carbons (Fsp3) is 0.400. The third-order valence-corrected chi connectivity index (χ3v) is 0.849. The van der Waals surface area contributed by atoms with Gasteiger partial charge < -0.3 is 10.0 Å². The Morgan fingerprint density at radius 2 is 2.10 bits per heavy atom. The van der Waals surface area contributed by atoms with E-state index in [1.54, 1.807) is 0 Å². The summed E-state index contributed by atoms with van der Waals surface area (Å²) in [5, 5.41) is 8.12. The van der Waals surface area contributed by atoms with Gasteiger partial charge in [-0.15, -0.1) is 0 Å². The number of carboxylic acid groups (broad SMARTS) is 1. The van der Waals surface area contributed by atoms with Crippen molar-refractivity contribution in [2.45, 2.75) is 0 Å². The summed E-state index contributed by atoms with van der Waals surface area (Å²) < 4.78 is 0. The smallest absolute Gasteiger partial charge is 0.323 e. The Morgan fingerprint density at radius 1 is 1.60 bits per heavy atom. The second-order valence-corrected chi connectivity index (χ2v) is 1.71. The maximum absolute atomic E-state index is 10.3. The lowest BCUT2D eigenvalue weighted by atomic mass is 10.5. The molecule has 0 saturated carbocycles. The fourth-order valence-electron chi connectivity index (χ4n) is 0.371. The van der Waals surface area contributed by atoms with Gasteiger partial charge >= 0.3 is 5.97 Å². The number of likely N-dealkylation sites (N-methyl/N-ethyl adjacent to an activating group) is 1. The van der Waals surface area contributed by atoms with Crippen molar-refractivity contribution in [1.82, 2.24) is 4.90 Å². The molecule has 0 aliphatic carbocycles. The molecule has 1 amide bonds. The van der Waals surface area contributed by atoms with E-state index in [1.165, 1.54) is 7.05 Å². The van der Waals surface area contributed by atoms with E-state index in [9.17, 15) is 14.4 Å². The lowest BCUT2D eigenvalue weighted by Gasteiger charge is -2.08. The predicted molar refractivity (Wildman–Crippen MR) is 31.3 cm³/mol. The largest absolute Gasteiger partial charge is 0.480 e. The number of aldehydes is 1. The number of rotatable bonds is 3. The molecule has 0 radical (unpaired) electrons. The van der Waals surface area contributed by atoms with E-state index in [0.717, 1.165) is 4.90 Å². The van der Waals surface area contributed by atoms with Gasteiger partial charge in [0.25, 0.3) is 5.91 Å². The summed E-state index contributed by atoms with van der Waals surface area (Å²) >= 11 is 0. The Kier molecular flexibility index (Phi) is 3.10. The molecule has 56 valence electrons. The van der Waals surface area contributed by atoms with Crippen LogP contribution in [0.1, 0.15) is 0 Å². The Hall–Kier alpha value is -1.39. The van der Waals surface area contributed by atoms with Crippen molar-refractivity contribution in [3.05, 3.63) is 0 Å². The zero-order valence-electron chi connectivity index (χ0n) is 5.40. The van der Waals surface area contributed by atoms with Crippen LogP contribution in [0.2, 0.25) is 0 Å². The minimum Gasteiger partial charge on any atom is -0.480 e. The first kappa shape index (κ1) is 8.61. The zero-order chi connectivity index (χ0) is 8.15. The highest BCUT2D eigenvalue weighted by atomic mass is 16.4. The van der Waals surface area contributed by atoms with E-state index in [1.807, 2.05) is 0 Å². The van der Waals surface area contributed by atoms with Crippen LogP contribution >= 0.6 is 0 Å². The first-order chi connectivity index (χ1) is 4.57. The molecule has 0 unspecified atom stereocenters. The van der Waals surface area contributed by atoms with Gasteiger partial charge in [-0.05, 0) is 0 Å². The Morgan fingerprint density at radius 3 is 2.40 bits per heavy atom. The molecule has 0 saturated heterocycles. The minimum atomic E-state index is -1.14. The van der Waals surface area contributed by atoms with Crippen LogP contribution in [0.4, 0.5) is 0 Å². The molecule has 0 heterocycles. The number of nitrogens with zero attached hydrogens (tertiary/aromatic N) is 1. The molecule has 5 nitrogen and oxygen atoms in total. The molecule has 0 fully saturated rings. The van der Waals surface area contributed by atoms with Crippen molar-refractivity contribution in [2.75, 3.05) is 13.6 Å². The highest BCUT2D eigenvalue weighted by molar-refractivity contribution is 6.23. The van der Waals surface area contributed by atoms with Crippen LogP contribution < -0.4 is 0 Å². The first-order valence-electron chi connectivity index (χ1n) is 2.50. The van der Waals surface area contributed by atoms with Crippen LogP contribution in [-0.2, 0) is 14.4 Å². The summed E-state index contributed by atoms with van der Waals surface area (Å²) in [7, 11) is 1.24. The maximum Gasteiger partial charge on any atom is 0.323 e. The van der Waals surface area contributed by atoms with Gasteiger partial charge in [0.15, 0.2) is 0 Å². The summed E-state index contributed by atoms with van der Waals surface area (Å²) in [6.45, 7) is -0.447. The van der Waals surface area contributed by atoms with E-state index in [2.05, 4.69) is 0 Å². The average molecular weight is 145 g/mol. The molecule has 0 rings (SSSR count). The molecule has 10 heavy (non-hydrogen) atoms. The third kappa shape index (κ3) is 2.81. The highest BCUT2D eigenvalue weighted by Crippen LogP contribution is 1.79. The van der Waals surface area contributed by atoms with Crippen LogP contribution in [0.5, 0.6) is 0 Å².